The number of carbonyl (C=O) groups is 1. The van der Waals surface area contributed by atoms with E-state index in [0.717, 1.165) is 36.4 Å². The Kier molecular flexibility index (Phi) is 6.24. The number of thiazole rings is 1. The number of aryl methyl sites for hydroxylation is 1. The molecule has 3 rings (SSSR count). The highest BCUT2D eigenvalue weighted by Gasteiger charge is 2.26. The fraction of sp³-hybridized carbons (Fsp3) is 0.474. The number of carbonyl (C=O) groups excluding carboxylic acids is 1. The minimum absolute atomic E-state index is 0.130. The van der Waals surface area contributed by atoms with Crippen molar-refractivity contribution in [2.24, 2.45) is 0 Å². The van der Waals surface area contributed by atoms with Gasteiger partial charge in [-0.15, -0.1) is 11.3 Å². The zero-order valence-electron chi connectivity index (χ0n) is 15.4. The van der Waals surface area contributed by atoms with E-state index in [0.29, 0.717) is 18.3 Å². The van der Waals surface area contributed by atoms with E-state index in [2.05, 4.69) is 22.1 Å². The van der Waals surface area contributed by atoms with Crippen LogP contribution in [0.4, 0.5) is 5.13 Å². The molecule has 140 valence electrons. The lowest BCUT2D eigenvalue weighted by molar-refractivity contribution is -0.132. The highest BCUT2D eigenvalue weighted by atomic mass is 32.1. The number of ether oxygens (including phenoxy) is 2. The van der Waals surface area contributed by atoms with Crippen molar-refractivity contribution in [2.75, 3.05) is 39.2 Å². The summed E-state index contributed by atoms with van der Waals surface area (Å²) in [5.74, 6) is 0.683. The van der Waals surface area contributed by atoms with Crippen LogP contribution in [0.15, 0.2) is 24.3 Å². The fourth-order valence-corrected chi connectivity index (χ4v) is 3.99. The average Bonchev–Trinajstić information content (AvgIpc) is 3.04. The molecule has 1 amide bonds. The molecule has 0 radical (unpaired) electrons. The summed E-state index contributed by atoms with van der Waals surface area (Å²) >= 11 is 1.54. The van der Waals surface area contributed by atoms with E-state index in [1.807, 2.05) is 31.3 Å². The summed E-state index contributed by atoms with van der Waals surface area (Å²) in [5.41, 5.74) is 1.95. The Labute approximate surface area is 158 Å². The molecule has 0 spiro atoms. The van der Waals surface area contributed by atoms with Crippen molar-refractivity contribution in [3.8, 4) is 17.0 Å². The van der Waals surface area contributed by atoms with Crippen molar-refractivity contribution in [1.29, 1.82) is 0 Å². The first-order chi connectivity index (χ1) is 12.6. The lowest BCUT2D eigenvalue weighted by atomic mass is 10.1. The van der Waals surface area contributed by atoms with E-state index in [4.69, 9.17) is 9.47 Å². The summed E-state index contributed by atoms with van der Waals surface area (Å²) in [7, 11) is 3.64. The Balaban J connectivity index is 1.78. The molecule has 0 bridgehead atoms. The van der Waals surface area contributed by atoms with Crippen LogP contribution in [0.25, 0.3) is 11.3 Å². The van der Waals surface area contributed by atoms with Crippen LogP contribution in [0.1, 0.15) is 18.2 Å². The van der Waals surface area contributed by atoms with Crippen LogP contribution >= 0.6 is 11.3 Å². The molecular formula is C19H25N3O3S. The second-order valence-electron chi connectivity index (χ2n) is 6.38. The molecule has 0 aliphatic carbocycles. The molecule has 7 heteroatoms. The van der Waals surface area contributed by atoms with Gasteiger partial charge in [0.2, 0.25) is 0 Å². The molecule has 1 unspecified atom stereocenters. The van der Waals surface area contributed by atoms with Crippen LogP contribution < -0.4 is 10.1 Å². The predicted molar refractivity (Wildman–Crippen MR) is 104 cm³/mol. The van der Waals surface area contributed by atoms with E-state index in [9.17, 15) is 4.79 Å². The quantitative estimate of drug-likeness (QED) is 0.841. The third-order valence-corrected chi connectivity index (χ3v) is 5.36. The largest absolute Gasteiger partial charge is 0.497 e. The van der Waals surface area contributed by atoms with Crippen LogP contribution in [0.2, 0.25) is 0 Å². The van der Waals surface area contributed by atoms with Gasteiger partial charge in [-0.3, -0.25) is 10.1 Å². The Bertz CT molecular complexity index is 745. The molecule has 0 saturated carbocycles. The number of amides is 1. The summed E-state index contributed by atoms with van der Waals surface area (Å²) in [4.78, 5) is 20.5. The summed E-state index contributed by atoms with van der Waals surface area (Å²) in [6.45, 7) is 4.17. The SMILES string of the molecule is CCCc1sc(NC(=O)C2CN(C)CCO2)nc1-c1ccc(OC)cc1. The molecule has 1 aromatic heterocycles. The number of likely N-dealkylation sites (N-methyl/N-ethyl adjacent to an activating group) is 1. The zero-order chi connectivity index (χ0) is 18.5. The highest BCUT2D eigenvalue weighted by Crippen LogP contribution is 2.33. The van der Waals surface area contributed by atoms with Crippen LogP contribution in [0, 0.1) is 0 Å². The molecule has 6 nitrogen and oxygen atoms in total. The molecule has 26 heavy (non-hydrogen) atoms. The van der Waals surface area contributed by atoms with Gasteiger partial charge in [0.05, 0.1) is 19.4 Å². The van der Waals surface area contributed by atoms with Crippen LogP contribution in [0.3, 0.4) is 0 Å². The molecule has 1 aromatic carbocycles. The number of morpholine rings is 1. The summed E-state index contributed by atoms with van der Waals surface area (Å²) in [5, 5.41) is 3.56. The number of benzene rings is 1. The fourth-order valence-electron chi connectivity index (χ4n) is 2.90. The summed E-state index contributed by atoms with van der Waals surface area (Å²) < 4.78 is 10.8. The monoisotopic (exact) mass is 375 g/mol. The maximum atomic E-state index is 12.5. The van der Waals surface area contributed by atoms with Gasteiger partial charge >= 0.3 is 0 Å². The van der Waals surface area contributed by atoms with Crippen molar-refractivity contribution >= 4 is 22.4 Å². The van der Waals surface area contributed by atoms with Crippen molar-refractivity contribution in [2.45, 2.75) is 25.9 Å². The number of nitrogens with zero attached hydrogens (tertiary/aromatic N) is 2. The molecule has 1 aliphatic heterocycles. The number of anilines is 1. The number of nitrogens with one attached hydrogen (secondary N) is 1. The molecule has 1 aliphatic rings. The van der Waals surface area contributed by atoms with Gasteiger partial charge in [0.25, 0.3) is 5.91 Å². The lowest BCUT2D eigenvalue weighted by Gasteiger charge is -2.28. The van der Waals surface area contributed by atoms with Gasteiger partial charge in [0.15, 0.2) is 5.13 Å². The van der Waals surface area contributed by atoms with Gasteiger partial charge in [0.1, 0.15) is 11.9 Å². The number of aromatic nitrogens is 1. The van der Waals surface area contributed by atoms with Gasteiger partial charge in [-0.2, -0.15) is 0 Å². The molecule has 1 atom stereocenters. The minimum Gasteiger partial charge on any atom is -0.497 e. The molecule has 2 aromatic rings. The van der Waals surface area contributed by atoms with E-state index >= 15 is 0 Å². The maximum absolute atomic E-state index is 12.5. The first kappa shape index (κ1) is 18.8. The normalized spacial score (nSPS) is 17.9. The van der Waals surface area contributed by atoms with Crippen molar-refractivity contribution in [3.63, 3.8) is 0 Å². The van der Waals surface area contributed by atoms with Crippen molar-refractivity contribution < 1.29 is 14.3 Å². The Morgan fingerprint density at radius 3 is 2.85 bits per heavy atom. The first-order valence-corrected chi connectivity index (χ1v) is 9.67. The summed E-state index contributed by atoms with van der Waals surface area (Å²) in [6.07, 6.45) is 1.50. The standard InChI is InChI=1S/C19H25N3O3S/c1-4-5-16-17(13-6-8-14(24-3)9-7-13)20-19(26-16)21-18(23)15-12-22(2)10-11-25-15/h6-9,15H,4-5,10-12H2,1-3H3,(H,20,21,23). The number of rotatable bonds is 6. The van der Waals surface area contributed by atoms with E-state index < -0.39 is 6.10 Å². The van der Waals surface area contributed by atoms with Gasteiger partial charge in [-0.05, 0) is 37.7 Å². The average molecular weight is 375 g/mol. The van der Waals surface area contributed by atoms with Gasteiger partial charge in [-0.25, -0.2) is 4.98 Å². The third-order valence-electron chi connectivity index (χ3n) is 4.33. The number of hydrogen-bond donors (Lipinski definition) is 1. The zero-order valence-corrected chi connectivity index (χ0v) is 16.3. The van der Waals surface area contributed by atoms with Gasteiger partial charge in [-0.1, -0.05) is 13.3 Å². The van der Waals surface area contributed by atoms with Gasteiger partial charge in [0, 0.05) is 23.5 Å². The molecule has 1 saturated heterocycles. The highest BCUT2D eigenvalue weighted by molar-refractivity contribution is 7.16. The van der Waals surface area contributed by atoms with Crippen LogP contribution in [0.5, 0.6) is 5.75 Å². The molecule has 2 heterocycles. The topological polar surface area (TPSA) is 63.7 Å². The van der Waals surface area contributed by atoms with E-state index in [1.165, 1.54) is 16.2 Å². The first-order valence-electron chi connectivity index (χ1n) is 8.85. The third kappa shape index (κ3) is 4.41. The number of methoxy groups -OCH3 is 1. The van der Waals surface area contributed by atoms with Crippen LogP contribution in [-0.2, 0) is 16.0 Å². The molecular weight excluding hydrogens is 350 g/mol. The Morgan fingerprint density at radius 1 is 1.42 bits per heavy atom. The molecule has 1 N–H and O–H groups in total. The summed E-state index contributed by atoms with van der Waals surface area (Å²) in [6, 6.07) is 7.85. The van der Waals surface area contributed by atoms with E-state index in [1.54, 1.807) is 7.11 Å². The predicted octanol–water partition coefficient (Wildman–Crippen LogP) is 3.04. The second-order valence-corrected chi connectivity index (χ2v) is 7.46. The number of hydrogen-bond acceptors (Lipinski definition) is 6. The van der Waals surface area contributed by atoms with Crippen molar-refractivity contribution in [3.05, 3.63) is 29.1 Å². The minimum atomic E-state index is -0.447. The van der Waals surface area contributed by atoms with E-state index in [-0.39, 0.29) is 5.91 Å². The maximum Gasteiger partial charge on any atom is 0.256 e. The lowest BCUT2D eigenvalue weighted by Crippen LogP contribution is -2.46. The van der Waals surface area contributed by atoms with Crippen LogP contribution in [-0.4, -0.2) is 55.7 Å². The molecule has 1 fully saturated rings. The Morgan fingerprint density at radius 2 is 2.19 bits per heavy atom. The second kappa shape index (κ2) is 8.62. The Hall–Kier alpha value is -1.96. The van der Waals surface area contributed by atoms with Crippen molar-refractivity contribution in [1.82, 2.24) is 9.88 Å². The smallest absolute Gasteiger partial charge is 0.256 e. The van der Waals surface area contributed by atoms with Gasteiger partial charge < -0.3 is 14.4 Å².